The van der Waals surface area contributed by atoms with Crippen molar-refractivity contribution in [2.75, 3.05) is 5.88 Å². The first kappa shape index (κ1) is 13.7. The SMILES string of the molecule is CC=CCCCCCCCC(=O)CCl. The number of rotatable bonds is 9. The molecule has 0 unspecified atom stereocenters. The summed E-state index contributed by atoms with van der Waals surface area (Å²) in [6, 6.07) is 0. The van der Waals surface area contributed by atoms with Gasteiger partial charge in [0.2, 0.25) is 0 Å². The molecule has 0 aromatic heterocycles. The van der Waals surface area contributed by atoms with Crippen molar-refractivity contribution in [2.45, 2.75) is 51.9 Å². The van der Waals surface area contributed by atoms with Crippen molar-refractivity contribution in [3.8, 4) is 0 Å². The van der Waals surface area contributed by atoms with Gasteiger partial charge in [-0.3, -0.25) is 4.79 Å². The summed E-state index contributed by atoms with van der Waals surface area (Å²) in [7, 11) is 0. The number of hydrogen-bond donors (Lipinski definition) is 0. The smallest absolute Gasteiger partial charge is 0.147 e. The minimum absolute atomic E-state index is 0.181. The third-order valence-electron chi connectivity index (χ3n) is 2.21. The molecule has 0 aliphatic heterocycles. The Bertz CT molecular complexity index is 164. The zero-order valence-corrected chi connectivity index (χ0v) is 9.85. The maximum Gasteiger partial charge on any atom is 0.147 e. The van der Waals surface area contributed by atoms with E-state index in [1.165, 1.54) is 32.1 Å². The van der Waals surface area contributed by atoms with Crippen molar-refractivity contribution in [3.05, 3.63) is 12.2 Å². The summed E-state index contributed by atoms with van der Waals surface area (Å²) in [5.41, 5.74) is 0. The van der Waals surface area contributed by atoms with Crippen molar-refractivity contribution in [1.82, 2.24) is 0 Å². The second kappa shape index (κ2) is 10.8. The highest BCUT2D eigenvalue weighted by molar-refractivity contribution is 6.27. The van der Waals surface area contributed by atoms with Gasteiger partial charge in [-0.15, -0.1) is 11.6 Å². The predicted molar refractivity (Wildman–Crippen MR) is 62.9 cm³/mol. The van der Waals surface area contributed by atoms with E-state index in [9.17, 15) is 4.79 Å². The van der Waals surface area contributed by atoms with Crippen molar-refractivity contribution in [3.63, 3.8) is 0 Å². The van der Waals surface area contributed by atoms with E-state index >= 15 is 0 Å². The lowest BCUT2D eigenvalue weighted by Crippen LogP contribution is -1.97. The van der Waals surface area contributed by atoms with Gasteiger partial charge >= 0.3 is 0 Å². The Hall–Kier alpha value is -0.300. The number of unbranched alkanes of at least 4 members (excludes halogenated alkanes) is 5. The maximum atomic E-state index is 10.8. The number of carbonyl (C=O) groups is 1. The molecule has 0 aliphatic rings. The molecule has 0 aliphatic carbocycles. The zero-order chi connectivity index (χ0) is 10.6. The van der Waals surface area contributed by atoms with E-state index in [0.717, 1.165) is 6.42 Å². The Kier molecular flexibility index (Phi) is 10.5. The molecular formula is C12H21ClO. The van der Waals surface area contributed by atoms with Crippen LogP contribution in [0, 0.1) is 0 Å². The van der Waals surface area contributed by atoms with E-state index in [1.807, 2.05) is 0 Å². The lowest BCUT2D eigenvalue weighted by atomic mass is 10.1. The summed E-state index contributed by atoms with van der Waals surface area (Å²) < 4.78 is 0. The lowest BCUT2D eigenvalue weighted by Gasteiger charge is -1.98. The van der Waals surface area contributed by atoms with Crippen LogP contribution in [0.15, 0.2) is 12.2 Å². The van der Waals surface area contributed by atoms with Gasteiger partial charge < -0.3 is 0 Å². The maximum absolute atomic E-state index is 10.8. The molecule has 0 radical (unpaired) electrons. The van der Waals surface area contributed by atoms with E-state index < -0.39 is 0 Å². The summed E-state index contributed by atoms with van der Waals surface area (Å²) >= 11 is 5.39. The molecule has 0 bridgehead atoms. The highest BCUT2D eigenvalue weighted by Gasteiger charge is 1.98. The molecule has 0 heterocycles. The number of carbonyl (C=O) groups excluding carboxylic acids is 1. The van der Waals surface area contributed by atoms with Crippen molar-refractivity contribution in [2.24, 2.45) is 0 Å². The van der Waals surface area contributed by atoms with Crippen LogP contribution in [0.25, 0.3) is 0 Å². The predicted octanol–water partition coefficient (Wildman–Crippen LogP) is 4.10. The first-order chi connectivity index (χ1) is 6.81. The molecular weight excluding hydrogens is 196 g/mol. The average molecular weight is 217 g/mol. The van der Waals surface area contributed by atoms with E-state index in [4.69, 9.17) is 11.6 Å². The van der Waals surface area contributed by atoms with Crippen LogP contribution in [0.5, 0.6) is 0 Å². The monoisotopic (exact) mass is 216 g/mol. The Morgan fingerprint density at radius 2 is 1.79 bits per heavy atom. The topological polar surface area (TPSA) is 17.1 Å². The van der Waals surface area contributed by atoms with Crippen LogP contribution < -0.4 is 0 Å². The molecule has 82 valence electrons. The van der Waals surface area contributed by atoms with Gasteiger partial charge in [-0.1, -0.05) is 31.4 Å². The number of allylic oxidation sites excluding steroid dienone is 2. The molecule has 0 saturated heterocycles. The Labute approximate surface area is 92.5 Å². The minimum atomic E-state index is 0.181. The molecule has 14 heavy (non-hydrogen) atoms. The Morgan fingerprint density at radius 1 is 1.14 bits per heavy atom. The van der Waals surface area contributed by atoms with Crippen LogP contribution in [0.4, 0.5) is 0 Å². The third-order valence-corrected chi connectivity index (χ3v) is 2.51. The quantitative estimate of drug-likeness (QED) is 0.322. The number of Topliss-reactive ketones (excluding diaryl/α,β-unsaturated/α-hetero) is 1. The van der Waals surface area contributed by atoms with Crippen LogP contribution in [0.1, 0.15) is 51.9 Å². The fourth-order valence-electron chi connectivity index (χ4n) is 1.35. The van der Waals surface area contributed by atoms with Crippen molar-refractivity contribution >= 4 is 17.4 Å². The van der Waals surface area contributed by atoms with Crippen LogP contribution in [-0.2, 0) is 4.79 Å². The molecule has 0 rings (SSSR count). The van der Waals surface area contributed by atoms with Crippen LogP contribution in [0.3, 0.4) is 0 Å². The molecule has 0 aromatic rings. The second-order valence-electron chi connectivity index (χ2n) is 3.55. The highest BCUT2D eigenvalue weighted by Crippen LogP contribution is 2.08. The molecule has 0 fully saturated rings. The lowest BCUT2D eigenvalue weighted by molar-refractivity contribution is -0.116. The largest absolute Gasteiger partial charge is 0.298 e. The number of alkyl halides is 1. The summed E-state index contributed by atoms with van der Waals surface area (Å²) in [5.74, 6) is 0.363. The molecule has 0 atom stereocenters. The van der Waals surface area contributed by atoms with Gasteiger partial charge in [-0.2, -0.15) is 0 Å². The number of halogens is 1. The Morgan fingerprint density at radius 3 is 2.43 bits per heavy atom. The van der Waals surface area contributed by atoms with Crippen molar-refractivity contribution < 1.29 is 4.79 Å². The van der Waals surface area contributed by atoms with Crippen LogP contribution in [-0.4, -0.2) is 11.7 Å². The molecule has 0 N–H and O–H groups in total. The number of ketones is 1. The summed E-state index contributed by atoms with van der Waals surface area (Å²) in [6.45, 7) is 2.05. The van der Waals surface area contributed by atoms with Gasteiger partial charge in [-0.25, -0.2) is 0 Å². The zero-order valence-electron chi connectivity index (χ0n) is 9.10. The van der Waals surface area contributed by atoms with E-state index in [0.29, 0.717) is 6.42 Å². The Balaban J connectivity index is 3.02. The minimum Gasteiger partial charge on any atom is -0.298 e. The fraction of sp³-hybridized carbons (Fsp3) is 0.750. The molecule has 1 nitrogen and oxygen atoms in total. The third kappa shape index (κ3) is 9.79. The van der Waals surface area contributed by atoms with E-state index in [2.05, 4.69) is 19.1 Å². The van der Waals surface area contributed by atoms with E-state index in [1.54, 1.807) is 0 Å². The summed E-state index contributed by atoms with van der Waals surface area (Å²) in [4.78, 5) is 10.8. The molecule has 0 saturated carbocycles. The first-order valence-electron chi connectivity index (χ1n) is 5.50. The second-order valence-corrected chi connectivity index (χ2v) is 3.82. The fourth-order valence-corrected chi connectivity index (χ4v) is 1.48. The van der Waals surface area contributed by atoms with Gasteiger partial charge in [-0.05, 0) is 26.2 Å². The van der Waals surface area contributed by atoms with Gasteiger partial charge in [0.1, 0.15) is 5.78 Å². The summed E-state index contributed by atoms with van der Waals surface area (Å²) in [6.07, 6.45) is 12.1. The van der Waals surface area contributed by atoms with Gasteiger partial charge in [0.25, 0.3) is 0 Å². The summed E-state index contributed by atoms with van der Waals surface area (Å²) in [5, 5.41) is 0. The van der Waals surface area contributed by atoms with Gasteiger partial charge in [0.15, 0.2) is 0 Å². The molecule has 0 amide bonds. The standard InChI is InChI=1S/C12H21ClO/c1-2-3-4-5-6-7-8-9-10-12(14)11-13/h2-3H,4-11H2,1H3. The van der Waals surface area contributed by atoms with Crippen molar-refractivity contribution in [1.29, 1.82) is 0 Å². The van der Waals surface area contributed by atoms with Crippen LogP contribution in [0.2, 0.25) is 0 Å². The number of hydrogen-bond acceptors (Lipinski definition) is 1. The van der Waals surface area contributed by atoms with E-state index in [-0.39, 0.29) is 11.7 Å². The molecule has 0 aromatic carbocycles. The highest BCUT2D eigenvalue weighted by atomic mass is 35.5. The normalized spacial score (nSPS) is 11.0. The first-order valence-corrected chi connectivity index (χ1v) is 6.03. The molecule has 0 spiro atoms. The molecule has 2 heteroatoms. The van der Waals surface area contributed by atoms with Gasteiger partial charge in [0, 0.05) is 6.42 Å². The van der Waals surface area contributed by atoms with Gasteiger partial charge in [0.05, 0.1) is 5.88 Å². The van der Waals surface area contributed by atoms with Crippen LogP contribution >= 0.6 is 11.6 Å². The average Bonchev–Trinajstić information content (AvgIpc) is 2.21.